The van der Waals surface area contributed by atoms with Crippen molar-refractivity contribution in [2.24, 2.45) is 11.8 Å². The standard InChI is InChI=1S/C9H15NO4/c1-4-14-9(12)7-5-6(7)8(11)10(2)13-3/h6-7H,4-5H2,1-3H3. The Balaban J connectivity index is 2.38. The molecule has 5 nitrogen and oxygen atoms in total. The number of hydroxylamine groups is 2. The SMILES string of the molecule is CCOC(=O)C1CC1C(=O)N(C)OC. The Kier molecular flexibility index (Phi) is 3.46. The van der Waals surface area contributed by atoms with Crippen LogP contribution < -0.4 is 0 Å². The molecule has 1 fully saturated rings. The highest BCUT2D eigenvalue weighted by Gasteiger charge is 2.50. The van der Waals surface area contributed by atoms with Gasteiger partial charge in [0.15, 0.2) is 0 Å². The topological polar surface area (TPSA) is 55.8 Å². The van der Waals surface area contributed by atoms with Gasteiger partial charge in [-0.2, -0.15) is 0 Å². The third-order valence-corrected chi connectivity index (χ3v) is 2.28. The van der Waals surface area contributed by atoms with Crippen LogP contribution in [0.1, 0.15) is 13.3 Å². The van der Waals surface area contributed by atoms with Crippen LogP contribution in [0.3, 0.4) is 0 Å². The Hall–Kier alpha value is -1.10. The number of ether oxygens (including phenoxy) is 1. The van der Waals surface area contributed by atoms with Gasteiger partial charge in [-0.3, -0.25) is 14.4 Å². The van der Waals surface area contributed by atoms with Gasteiger partial charge in [-0.05, 0) is 13.3 Å². The Morgan fingerprint density at radius 1 is 1.43 bits per heavy atom. The zero-order chi connectivity index (χ0) is 10.7. The van der Waals surface area contributed by atoms with Crippen molar-refractivity contribution in [2.45, 2.75) is 13.3 Å². The fourth-order valence-corrected chi connectivity index (χ4v) is 1.30. The van der Waals surface area contributed by atoms with Crippen LogP contribution in [0, 0.1) is 11.8 Å². The largest absolute Gasteiger partial charge is 0.466 e. The van der Waals surface area contributed by atoms with Crippen molar-refractivity contribution < 1.29 is 19.2 Å². The summed E-state index contributed by atoms with van der Waals surface area (Å²) >= 11 is 0. The van der Waals surface area contributed by atoms with Gasteiger partial charge in [0.05, 0.1) is 25.6 Å². The van der Waals surface area contributed by atoms with Gasteiger partial charge in [-0.1, -0.05) is 0 Å². The maximum absolute atomic E-state index is 11.4. The molecular formula is C9H15NO4. The summed E-state index contributed by atoms with van der Waals surface area (Å²) in [5.74, 6) is -0.958. The van der Waals surface area contributed by atoms with Crippen LogP contribution in [-0.4, -0.2) is 37.7 Å². The van der Waals surface area contributed by atoms with Crippen LogP contribution in [-0.2, 0) is 19.2 Å². The zero-order valence-electron chi connectivity index (χ0n) is 8.65. The van der Waals surface area contributed by atoms with Crippen LogP contribution in [0.4, 0.5) is 0 Å². The van der Waals surface area contributed by atoms with E-state index in [1.165, 1.54) is 14.2 Å². The van der Waals surface area contributed by atoms with Crippen molar-refractivity contribution in [3.63, 3.8) is 0 Å². The summed E-state index contributed by atoms with van der Waals surface area (Å²) in [7, 11) is 2.95. The van der Waals surface area contributed by atoms with Gasteiger partial charge in [-0.25, -0.2) is 5.06 Å². The van der Waals surface area contributed by atoms with Gasteiger partial charge >= 0.3 is 5.97 Å². The maximum atomic E-state index is 11.4. The number of rotatable bonds is 4. The molecule has 2 atom stereocenters. The van der Waals surface area contributed by atoms with E-state index in [2.05, 4.69) is 0 Å². The van der Waals surface area contributed by atoms with Crippen molar-refractivity contribution in [2.75, 3.05) is 20.8 Å². The van der Waals surface area contributed by atoms with E-state index in [1.54, 1.807) is 6.92 Å². The second-order valence-electron chi connectivity index (χ2n) is 3.22. The number of nitrogens with zero attached hydrogens (tertiary/aromatic N) is 1. The molecule has 1 aliphatic rings. The first kappa shape index (κ1) is 11.0. The molecule has 0 aromatic heterocycles. The van der Waals surface area contributed by atoms with E-state index in [0.717, 1.165) is 5.06 Å². The van der Waals surface area contributed by atoms with E-state index in [9.17, 15) is 9.59 Å². The molecular weight excluding hydrogens is 186 g/mol. The molecule has 1 rings (SSSR count). The third kappa shape index (κ3) is 2.23. The van der Waals surface area contributed by atoms with Crippen molar-refractivity contribution in [3.05, 3.63) is 0 Å². The van der Waals surface area contributed by atoms with Crippen LogP contribution >= 0.6 is 0 Å². The van der Waals surface area contributed by atoms with Gasteiger partial charge in [0.2, 0.25) is 5.91 Å². The summed E-state index contributed by atoms with van der Waals surface area (Å²) in [6, 6.07) is 0. The minimum Gasteiger partial charge on any atom is -0.466 e. The Morgan fingerprint density at radius 2 is 2.07 bits per heavy atom. The lowest BCUT2D eigenvalue weighted by Gasteiger charge is -2.12. The second kappa shape index (κ2) is 4.41. The quantitative estimate of drug-likeness (QED) is 0.482. The van der Waals surface area contributed by atoms with Crippen molar-refractivity contribution in [1.82, 2.24) is 5.06 Å². The predicted octanol–water partition coefficient (Wildman–Crippen LogP) is 0.205. The van der Waals surface area contributed by atoms with Gasteiger partial charge < -0.3 is 4.74 Å². The van der Waals surface area contributed by atoms with E-state index in [-0.39, 0.29) is 23.7 Å². The van der Waals surface area contributed by atoms with E-state index in [4.69, 9.17) is 9.57 Å². The number of amides is 1. The van der Waals surface area contributed by atoms with Gasteiger partial charge in [0, 0.05) is 7.05 Å². The number of hydrogen-bond donors (Lipinski definition) is 0. The monoisotopic (exact) mass is 201 g/mol. The Morgan fingerprint density at radius 3 is 2.57 bits per heavy atom. The molecule has 14 heavy (non-hydrogen) atoms. The number of hydrogen-bond acceptors (Lipinski definition) is 4. The first-order valence-electron chi connectivity index (χ1n) is 4.60. The lowest BCUT2D eigenvalue weighted by Crippen LogP contribution is -2.28. The molecule has 0 saturated heterocycles. The lowest BCUT2D eigenvalue weighted by molar-refractivity contribution is -0.171. The first-order valence-corrected chi connectivity index (χ1v) is 4.60. The molecule has 0 spiro atoms. The first-order chi connectivity index (χ1) is 6.61. The highest BCUT2D eigenvalue weighted by molar-refractivity contribution is 5.89. The van der Waals surface area contributed by atoms with E-state index in [1.807, 2.05) is 0 Å². The van der Waals surface area contributed by atoms with Gasteiger partial charge in [0.1, 0.15) is 0 Å². The van der Waals surface area contributed by atoms with Gasteiger partial charge in [-0.15, -0.1) is 0 Å². The fraction of sp³-hybridized carbons (Fsp3) is 0.778. The molecule has 1 amide bonds. The highest BCUT2D eigenvalue weighted by atomic mass is 16.7. The summed E-state index contributed by atoms with van der Waals surface area (Å²) in [6.45, 7) is 2.11. The molecule has 0 bridgehead atoms. The average molecular weight is 201 g/mol. The smallest absolute Gasteiger partial charge is 0.309 e. The zero-order valence-corrected chi connectivity index (χ0v) is 8.65. The average Bonchev–Trinajstić information content (AvgIpc) is 2.95. The van der Waals surface area contributed by atoms with E-state index >= 15 is 0 Å². The summed E-state index contributed by atoms with van der Waals surface area (Å²) < 4.78 is 4.81. The minimum absolute atomic E-state index is 0.162. The van der Waals surface area contributed by atoms with E-state index in [0.29, 0.717) is 13.0 Å². The molecule has 0 N–H and O–H groups in total. The molecule has 5 heteroatoms. The van der Waals surface area contributed by atoms with Gasteiger partial charge in [0.25, 0.3) is 0 Å². The third-order valence-electron chi connectivity index (χ3n) is 2.28. The molecule has 0 heterocycles. The van der Waals surface area contributed by atoms with Crippen molar-refractivity contribution in [1.29, 1.82) is 0 Å². The number of carbonyl (C=O) groups excluding carboxylic acids is 2. The Bertz CT molecular complexity index is 241. The van der Waals surface area contributed by atoms with E-state index < -0.39 is 0 Å². The molecule has 0 radical (unpaired) electrons. The number of carbonyl (C=O) groups is 2. The fourth-order valence-electron chi connectivity index (χ4n) is 1.30. The van der Waals surface area contributed by atoms with Crippen molar-refractivity contribution in [3.8, 4) is 0 Å². The summed E-state index contributed by atoms with van der Waals surface area (Å²) in [5.41, 5.74) is 0. The molecule has 0 aromatic rings. The molecule has 0 aromatic carbocycles. The summed E-state index contributed by atoms with van der Waals surface area (Å²) in [4.78, 5) is 27.4. The molecule has 80 valence electrons. The van der Waals surface area contributed by atoms with Crippen LogP contribution in [0.15, 0.2) is 0 Å². The minimum atomic E-state index is -0.282. The number of esters is 1. The normalized spacial score (nSPS) is 24.2. The lowest BCUT2D eigenvalue weighted by atomic mass is 10.3. The molecule has 1 aliphatic carbocycles. The van der Waals surface area contributed by atoms with Crippen molar-refractivity contribution >= 4 is 11.9 Å². The summed E-state index contributed by atoms with van der Waals surface area (Å²) in [5, 5.41) is 1.14. The maximum Gasteiger partial charge on any atom is 0.309 e. The van der Waals surface area contributed by atoms with Crippen LogP contribution in [0.2, 0.25) is 0 Å². The molecule has 2 unspecified atom stereocenters. The predicted molar refractivity (Wildman–Crippen MR) is 48.0 cm³/mol. The highest BCUT2D eigenvalue weighted by Crippen LogP contribution is 2.40. The van der Waals surface area contributed by atoms with Crippen LogP contribution in [0.25, 0.3) is 0 Å². The Labute approximate surface area is 82.9 Å². The molecule has 0 aliphatic heterocycles. The summed E-state index contributed by atoms with van der Waals surface area (Å²) in [6.07, 6.45) is 0.575. The van der Waals surface area contributed by atoms with Crippen LogP contribution in [0.5, 0.6) is 0 Å². The second-order valence-corrected chi connectivity index (χ2v) is 3.22. The molecule has 1 saturated carbocycles.